The molecular formula is C13H16ClN3O. The summed E-state index contributed by atoms with van der Waals surface area (Å²) in [7, 11) is 1.66. The molecule has 18 heavy (non-hydrogen) atoms. The van der Waals surface area contributed by atoms with Crippen LogP contribution in [0.1, 0.15) is 18.3 Å². The number of aromatic amines is 1. The highest BCUT2D eigenvalue weighted by Gasteiger charge is 2.10. The van der Waals surface area contributed by atoms with E-state index >= 15 is 0 Å². The Morgan fingerprint density at radius 3 is 2.78 bits per heavy atom. The van der Waals surface area contributed by atoms with E-state index in [-0.39, 0.29) is 6.04 Å². The number of nitrogens with zero attached hydrogens (tertiary/aromatic N) is 1. The van der Waals surface area contributed by atoms with Crippen molar-refractivity contribution in [3.05, 3.63) is 41.3 Å². The quantitative estimate of drug-likeness (QED) is 0.874. The van der Waals surface area contributed by atoms with Crippen molar-refractivity contribution in [2.75, 3.05) is 13.7 Å². The van der Waals surface area contributed by atoms with Crippen molar-refractivity contribution in [3.8, 4) is 11.3 Å². The van der Waals surface area contributed by atoms with Crippen LogP contribution in [-0.2, 0) is 4.74 Å². The average Bonchev–Trinajstić information content (AvgIpc) is 2.86. The van der Waals surface area contributed by atoms with Crippen LogP contribution in [0.3, 0.4) is 0 Å². The number of hydrogen-bond acceptors (Lipinski definition) is 3. The fourth-order valence-electron chi connectivity index (χ4n) is 1.68. The van der Waals surface area contributed by atoms with Gasteiger partial charge in [0.05, 0.1) is 17.9 Å². The molecule has 5 heteroatoms. The van der Waals surface area contributed by atoms with Gasteiger partial charge in [0.15, 0.2) is 0 Å². The fourth-order valence-corrected chi connectivity index (χ4v) is 1.81. The molecule has 2 rings (SSSR count). The van der Waals surface area contributed by atoms with Gasteiger partial charge >= 0.3 is 0 Å². The molecule has 0 aliphatic heterocycles. The lowest BCUT2D eigenvalue weighted by Crippen LogP contribution is -2.14. The second-order valence-electron chi connectivity index (χ2n) is 4.08. The molecule has 1 atom stereocenters. The minimum Gasteiger partial charge on any atom is -0.385 e. The highest BCUT2D eigenvalue weighted by atomic mass is 35.5. The van der Waals surface area contributed by atoms with E-state index in [9.17, 15) is 0 Å². The number of benzene rings is 1. The van der Waals surface area contributed by atoms with Gasteiger partial charge in [-0.25, -0.2) is 4.98 Å². The summed E-state index contributed by atoms with van der Waals surface area (Å²) in [6.07, 6.45) is 2.52. The van der Waals surface area contributed by atoms with Crippen LogP contribution in [-0.4, -0.2) is 23.7 Å². The van der Waals surface area contributed by atoms with Gasteiger partial charge in [-0.1, -0.05) is 23.7 Å². The third kappa shape index (κ3) is 3.10. The van der Waals surface area contributed by atoms with E-state index in [4.69, 9.17) is 22.1 Å². The lowest BCUT2D eigenvalue weighted by Gasteiger charge is -2.07. The highest BCUT2D eigenvalue weighted by Crippen LogP contribution is 2.21. The van der Waals surface area contributed by atoms with Gasteiger partial charge in [0.1, 0.15) is 5.82 Å². The number of aromatic nitrogens is 2. The molecule has 1 aromatic carbocycles. The Balaban J connectivity index is 2.12. The van der Waals surface area contributed by atoms with E-state index in [1.807, 2.05) is 24.3 Å². The first-order valence-electron chi connectivity index (χ1n) is 5.76. The number of halogens is 1. The van der Waals surface area contributed by atoms with E-state index in [0.717, 1.165) is 28.5 Å². The van der Waals surface area contributed by atoms with Crippen molar-refractivity contribution in [1.29, 1.82) is 0 Å². The largest absolute Gasteiger partial charge is 0.385 e. The highest BCUT2D eigenvalue weighted by molar-refractivity contribution is 6.30. The Morgan fingerprint density at radius 2 is 2.11 bits per heavy atom. The summed E-state index contributed by atoms with van der Waals surface area (Å²) in [5, 5.41) is 0.718. The topological polar surface area (TPSA) is 63.9 Å². The summed E-state index contributed by atoms with van der Waals surface area (Å²) < 4.78 is 5.00. The van der Waals surface area contributed by atoms with E-state index in [0.29, 0.717) is 6.61 Å². The summed E-state index contributed by atoms with van der Waals surface area (Å²) in [4.78, 5) is 7.52. The van der Waals surface area contributed by atoms with Crippen molar-refractivity contribution in [1.82, 2.24) is 9.97 Å². The Bertz CT molecular complexity index is 495. The zero-order valence-electron chi connectivity index (χ0n) is 10.2. The molecule has 1 aromatic heterocycles. The summed E-state index contributed by atoms with van der Waals surface area (Å²) in [5.74, 6) is 0.775. The molecule has 2 aromatic rings. The van der Waals surface area contributed by atoms with Crippen LogP contribution < -0.4 is 5.73 Å². The van der Waals surface area contributed by atoms with Gasteiger partial charge in [-0.3, -0.25) is 0 Å². The fraction of sp³-hybridized carbons (Fsp3) is 0.308. The third-order valence-corrected chi connectivity index (χ3v) is 2.99. The van der Waals surface area contributed by atoms with Crippen LogP contribution in [0.2, 0.25) is 5.02 Å². The van der Waals surface area contributed by atoms with Gasteiger partial charge in [-0.15, -0.1) is 0 Å². The lowest BCUT2D eigenvalue weighted by molar-refractivity contribution is 0.187. The first-order chi connectivity index (χ1) is 8.70. The van der Waals surface area contributed by atoms with Crippen LogP contribution in [0.25, 0.3) is 11.3 Å². The molecule has 3 N–H and O–H groups in total. The van der Waals surface area contributed by atoms with Crippen molar-refractivity contribution in [3.63, 3.8) is 0 Å². The minimum atomic E-state index is -0.133. The van der Waals surface area contributed by atoms with Crippen molar-refractivity contribution in [2.24, 2.45) is 5.73 Å². The SMILES string of the molecule is COCCC(N)c1ncc(-c2ccc(Cl)cc2)[nH]1. The van der Waals surface area contributed by atoms with Crippen molar-refractivity contribution in [2.45, 2.75) is 12.5 Å². The van der Waals surface area contributed by atoms with Gasteiger partial charge in [0.25, 0.3) is 0 Å². The maximum atomic E-state index is 6.00. The van der Waals surface area contributed by atoms with Gasteiger partial charge in [-0.2, -0.15) is 0 Å². The summed E-state index contributed by atoms with van der Waals surface area (Å²) in [6.45, 7) is 0.623. The first-order valence-corrected chi connectivity index (χ1v) is 6.14. The Kier molecular flexibility index (Phi) is 4.36. The number of ether oxygens (including phenoxy) is 1. The molecule has 0 aliphatic carbocycles. The van der Waals surface area contributed by atoms with E-state index in [1.54, 1.807) is 13.3 Å². The number of nitrogens with two attached hydrogens (primary N) is 1. The van der Waals surface area contributed by atoms with Gasteiger partial charge in [0, 0.05) is 18.7 Å². The van der Waals surface area contributed by atoms with Crippen LogP contribution >= 0.6 is 11.6 Å². The van der Waals surface area contributed by atoms with E-state index in [2.05, 4.69) is 9.97 Å². The second kappa shape index (κ2) is 6.00. The van der Waals surface area contributed by atoms with Crippen LogP contribution in [0.15, 0.2) is 30.5 Å². The standard InChI is InChI=1S/C13H16ClN3O/c1-18-7-6-11(15)13-16-8-12(17-13)9-2-4-10(14)5-3-9/h2-5,8,11H,6-7,15H2,1H3,(H,16,17). The van der Waals surface area contributed by atoms with Crippen LogP contribution in [0, 0.1) is 0 Å². The smallest absolute Gasteiger partial charge is 0.123 e. The number of rotatable bonds is 5. The minimum absolute atomic E-state index is 0.133. The molecule has 0 fully saturated rings. The Labute approximate surface area is 111 Å². The molecule has 0 bridgehead atoms. The van der Waals surface area contributed by atoms with Crippen molar-refractivity contribution < 1.29 is 4.74 Å². The molecule has 1 unspecified atom stereocenters. The molecule has 1 heterocycles. The number of hydrogen-bond donors (Lipinski definition) is 2. The molecule has 0 amide bonds. The molecular weight excluding hydrogens is 250 g/mol. The number of imidazole rings is 1. The molecule has 0 saturated heterocycles. The Morgan fingerprint density at radius 1 is 1.39 bits per heavy atom. The maximum absolute atomic E-state index is 6.00. The summed E-state index contributed by atoms with van der Waals surface area (Å²) in [5.41, 5.74) is 7.98. The zero-order chi connectivity index (χ0) is 13.0. The molecule has 0 radical (unpaired) electrons. The first kappa shape index (κ1) is 13.1. The van der Waals surface area contributed by atoms with E-state index < -0.39 is 0 Å². The number of H-pyrrole nitrogens is 1. The molecule has 0 saturated carbocycles. The van der Waals surface area contributed by atoms with Crippen molar-refractivity contribution >= 4 is 11.6 Å². The third-order valence-electron chi connectivity index (χ3n) is 2.73. The molecule has 0 spiro atoms. The van der Waals surface area contributed by atoms with Gasteiger partial charge < -0.3 is 15.5 Å². The molecule has 96 valence electrons. The van der Waals surface area contributed by atoms with Gasteiger partial charge in [0.2, 0.25) is 0 Å². The normalized spacial score (nSPS) is 12.6. The number of methoxy groups -OCH3 is 1. The average molecular weight is 266 g/mol. The second-order valence-corrected chi connectivity index (χ2v) is 4.51. The van der Waals surface area contributed by atoms with Crippen LogP contribution in [0.5, 0.6) is 0 Å². The number of nitrogens with one attached hydrogen (secondary N) is 1. The van der Waals surface area contributed by atoms with Crippen LogP contribution in [0.4, 0.5) is 0 Å². The van der Waals surface area contributed by atoms with E-state index in [1.165, 1.54) is 0 Å². The molecule has 0 aliphatic rings. The molecule has 4 nitrogen and oxygen atoms in total. The Hall–Kier alpha value is -1.36. The zero-order valence-corrected chi connectivity index (χ0v) is 10.9. The summed E-state index contributed by atoms with van der Waals surface area (Å²) in [6, 6.07) is 7.46. The predicted molar refractivity (Wildman–Crippen MR) is 72.5 cm³/mol. The summed E-state index contributed by atoms with van der Waals surface area (Å²) >= 11 is 5.85. The maximum Gasteiger partial charge on any atom is 0.123 e. The predicted octanol–water partition coefficient (Wildman–Crippen LogP) is 2.77. The monoisotopic (exact) mass is 265 g/mol. The van der Waals surface area contributed by atoms with Gasteiger partial charge in [-0.05, 0) is 24.1 Å². The lowest BCUT2D eigenvalue weighted by atomic mass is 10.2.